The highest BCUT2D eigenvalue weighted by Crippen LogP contribution is 2.53. The molecule has 0 saturated carbocycles. The minimum atomic E-state index is -7.24. The van der Waals surface area contributed by atoms with E-state index in [-0.39, 0.29) is 0 Å². The molecule has 6 nitrogen and oxygen atoms in total. The van der Waals surface area contributed by atoms with Crippen LogP contribution >= 0.6 is 0 Å². The zero-order chi connectivity index (χ0) is 21.4. The number of benzene rings is 1. The van der Waals surface area contributed by atoms with Crippen LogP contribution in [-0.4, -0.2) is 41.9 Å². The van der Waals surface area contributed by atoms with Crippen LogP contribution < -0.4 is 10.1 Å². The number of nitro benzene ring substituents is 1. The molecule has 152 valence electrons. The third kappa shape index (κ3) is 3.71. The van der Waals surface area contributed by atoms with E-state index in [2.05, 4.69) is 4.74 Å². The number of carbonyl (C=O) groups excluding carboxylic acids is 1. The summed E-state index contributed by atoms with van der Waals surface area (Å²) in [5.41, 5.74) is -1.61. The summed E-state index contributed by atoms with van der Waals surface area (Å²) in [7, 11) is 0.819. The summed E-state index contributed by atoms with van der Waals surface area (Å²) >= 11 is 0. The highest BCUT2D eigenvalue weighted by Gasteiger charge is 2.83. The number of rotatable bonds is 6. The topological polar surface area (TPSA) is 81.5 Å². The molecule has 0 aromatic heterocycles. The number of halogens is 9. The zero-order valence-corrected chi connectivity index (χ0v) is 12.7. The van der Waals surface area contributed by atoms with E-state index in [1.165, 1.54) is 0 Å². The Morgan fingerprint density at radius 3 is 1.96 bits per heavy atom. The fourth-order valence-corrected chi connectivity index (χ4v) is 1.62. The van der Waals surface area contributed by atoms with Gasteiger partial charge in [0.1, 0.15) is 5.75 Å². The number of nitrogens with one attached hydrogen (secondary N) is 1. The van der Waals surface area contributed by atoms with Gasteiger partial charge in [-0.15, -0.1) is 0 Å². The maximum absolute atomic E-state index is 13.5. The molecule has 1 amide bonds. The van der Waals surface area contributed by atoms with Crippen LogP contribution in [0, 0.1) is 10.1 Å². The molecule has 0 heterocycles. The molecule has 0 aliphatic carbocycles. The first-order valence-corrected chi connectivity index (χ1v) is 6.34. The van der Waals surface area contributed by atoms with E-state index in [1.807, 2.05) is 0 Å². The van der Waals surface area contributed by atoms with Crippen molar-refractivity contribution >= 4 is 17.3 Å². The van der Waals surface area contributed by atoms with Crippen molar-refractivity contribution in [1.29, 1.82) is 0 Å². The predicted octanol–water partition coefficient (Wildman–Crippen LogP) is 4.01. The first-order chi connectivity index (χ1) is 12.0. The molecule has 0 saturated heterocycles. The number of anilines is 1. The monoisotopic (exact) mass is 414 g/mol. The molecule has 15 heteroatoms. The summed E-state index contributed by atoms with van der Waals surface area (Å²) < 4.78 is 119. The van der Waals surface area contributed by atoms with Gasteiger partial charge in [-0.05, 0) is 6.07 Å². The molecule has 1 N–H and O–H groups in total. The molecular formula is C12H7F9N2O4. The molecule has 0 aliphatic rings. The number of hydrogen-bond donors (Lipinski definition) is 1. The molecule has 27 heavy (non-hydrogen) atoms. The SMILES string of the molecule is COc1cc([N+](=O)[O-])ccc1NC(=O)C(F)(F)C(F)(F)C(F)(F)C(F)(F)F. The lowest BCUT2D eigenvalue weighted by atomic mass is 10.0. The highest BCUT2D eigenvalue weighted by atomic mass is 19.4. The summed E-state index contributed by atoms with van der Waals surface area (Å²) in [5.74, 6) is -24.8. The van der Waals surface area contributed by atoms with Gasteiger partial charge < -0.3 is 10.1 Å². The van der Waals surface area contributed by atoms with Gasteiger partial charge in [-0.1, -0.05) is 0 Å². The summed E-state index contributed by atoms with van der Waals surface area (Å²) in [6, 6.07) is 1.67. The first kappa shape index (κ1) is 22.3. The van der Waals surface area contributed by atoms with Gasteiger partial charge in [0.2, 0.25) is 0 Å². The van der Waals surface area contributed by atoms with Crippen LogP contribution in [0.3, 0.4) is 0 Å². The standard InChI is InChI=1S/C12H7F9N2O4/c1-27-7-4-5(23(25)26)2-3-6(7)22-8(24)9(13,14)10(15,16)11(17,18)12(19,20)21/h2-4H,1H3,(H,22,24). The summed E-state index contributed by atoms with van der Waals surface area (Å²) in [6.45, 7) is 0. The number of non-ortho nitro benzene ring substituents is 1. The number of carbonyl (C=O) groups is 1. The molecular weight excluding hydrogens is 407 g/mol. The van der Waals surface area contributed by atoms with Crippen LogP contribution in [0.1, 0.15) is 0 Å². The number of amides is 1. The summed E-state index contributed by atoms with van der Waals surface area (Å²) in [5, 5.41) is 11.5. The highest BCUT2D eigenvalue weighted by molar-refractivity contribution is 5.98. The minimum absolute atomic E-state index is 0.519. The van der Waals surface area contributed by atoms with Crippen LogP contribution in [0.25, 0.3) is 0 Å². The fourth-order valence-electron chi connectivity index (χ4n) is 1.62. The second-order valence-electron chi connectivity index (χ2n) is 4.82. The van der Waals surface area contributed by atoms with Crippen molar-refractivity contribution in [1.82, 2.24) is 0 Å². The van der Waals surface area contributed by atoms with Crippen molar-refractivity contribution in [2.45, 2.75) is 23.9 Å². The number of nitrogens with zero attached hydrogens (tertiary/aromatic N) is 1. The van der Waals surface area contributed by atoms with E-state index in [0.29, 0.717) is 18.2 Å². The van der Waals surface area contributed by atoms with Crippen molar-refractivity contribution in [3.05, 3.63) is 28.3 Å². The van der Waals surface area contributed by atoms with E-state index in [0.717, 1.165) is 12.4 Å². The van der Waals surface area contributed by atoms with E-state index >= 15 is 0 Å². The van der Waals surface area contributed by atoms with Gasteiger partial charge in [-0.25, -0.2) is 0 Å². The van der Waals surface area contributed by atoms with E-state index < -0.39 is 51.9 Å². The Morgan fingerprint density at radius 1 is 1.04 bits per heavy atom. The Labute approximate surface area is 143 Å². The summed E-state index contributed by atoms with van der Waals surface area (Å²) in [6.07, 6.45) is -7.08. The quantitative estimate of drug-likeness (QED) is 0.433. The van der Waals surface area contributed by atoms with Crippen molar-refractivity contribution in [2.24, 2.45) is 0 Å². The Bertz CT molecular complexity index is 749. The maximum Gasteiger partial charge on any atom is 0.460 e. The van der Waals surface area contributed by atoms with E-state index in [4.69, 9.17) is 0 Å². The van der Waals surface area contributed by atoms with Gasteiger partial charge in [0.05, 0.1) is 23.8 Å². The van der Waals surface area contributed by atoms with Gasteiger partial charge in [0.15, 0.2) is 0 Å². The number of nitro groups is 1. The van der Waals surface area contributed by atoms with Gasteiger partial charge in [-0.2, -0.15) is 39.5 Å². The van der Waals surface area contributed by atoms with Crippen LogP contribution in [-0.2, 0) is 4.79 Å². The van der Waals surface area contributed by atoms with Crippen molar-refractivity contribution < 1.29 is 54.0 Å². The van der Waals surface area contributed by atoms with Gasteiger partial charge in [-0.3, -0.25) is 14.9 Å². The Balaban J connectivity index is 3.27. The number of alkyl halides is 9. The lowest BCUT2D eigenvalue weighted by Gasteiger charge is -2.32. The largest absolute Gasteiger partial charge is 0.494 e. The van der Waals surface area contributed by atoms with E-state index in [1.54, 1.807) is 0 Å². The van der Waals surface area contributed by atoms with Gasteiger partial charge in [0, 0.05) is 6.07 Å². The second-order valence-corrected chi connectivity index (χ2v) is 4.82. The second kappa shape index (κ2) is 6.77. The summed E-state index contributed by atoms with van der Waals surface area (Å²) in [4.78, 5) is 20.9. The van der Waals surface area contributed by atoms with Crippen LogP contribution in [0.2, 0.25) is 0 Å². The third-order valence-corrected chi connectivity index (χ3v) is 3.07. The number of hydrogen-bond acceptors (Lipinski definition) is 4. The first-order valence-electron chi connectivity index (χ1n) is 6.34. The van der Waals surface area contributed by atoms with Crippen LogP contribution in [0.5, 0.6) is 5.75 Å². The molecule has 1 aromatic carbocycles. The van der Waals surface area contributed by atoms with Gasteiger partial charge >= 0.3 is 29.9 Å². The minimum Gasteiger partial charge on any atom is -0.494 e. The molecule has 1 aromatic rings. The lowest BCUT2D eigenvalue weighted by molar-refractivity contribution is -0.388. The molecule has 0 atom stereocenters. The molecule has 0 fully saturated rings. The normalized spacial score (nSPS) is 13.3. The van der Waals surface area contributed by atoms with Crippen molar-refractivity contribution in [3.63, 3.8) is 0 Å². The zero-order valence-electron chi connectivity index (χ0n) is 12.7. The molecule has 0 bridgehead atoms. The van der Waals surface area contributed by atoms with Gasteiger partial charge in [0.25, 0.3) is 5.69 Å². The molecule has 0 unspecified atom stereocenters. The van der Waals surface area contributed by atoms with Crippen LogP contribution in [0.15, 0.2) is 18.2 Å². The Hall–Kier alpha value is -2.74. The Morgan fingerprint density at radius 2 is 1.56 bits per heavy atom. The van der Waals surface area contributed by atoms with Crippen molar-refractivity contribution in [2.75, 3.05) is 12.4 Å². The lowest BCUT2D eigenvalue weighted by Crippen LogP contribution is -2.64. The maximum atomic E-state index is 13.5. The number of ether oxygens (including phenoxy) is 1. The fraction of sp³-hybridized carbons (Fsp3) is 0.417. The smallest absolute Gasteiger partial charge is 0.460 e. The third-order valence-electron chi connectivity index (χ3n) is 3.07. The number of methoxy groups -OCH3 is 1. The molecule has 1 rings (SSSR count). The predicted molar refractivity (Wildman–Crippen MR) is 69.2 cm³/mol. The van der Waals surface area contributed by atoms with Crippen molar-refractivity contribution in [3.8, 4) is 5.75 Å². The molecule has 0 aliphatic heterocycles. The van der Waals surface area contributed by atoms with E-state index in [9.17, 15) is 54.4 Å². The average molecular weight is 414 g/mol. The molecule has 0 spiro atoms. The van der Waals surface area contributed by atoms with Crippen LogP contribution in [0.4, 0.5) is 50.9 Å². The Kier molecular flexibility index (Phi) is 5.59. The molecule has 0 radical (unpaired) electrons. The average Bonchev–Trinajstić information content (AvgIpc) is 2.53.